The minimum absolute atomic E-state index is 0.0777. The summed E-state index contributed by atoms with van der Waals surface area (Å²) in [6, 6.07) is 0.291. The minimum atomic E-state index is -0.0777. The van der Waals surface area contributed by atoms with Crippen LogP contribution in [0.5, 0.6) is 0 Å². The molecule has 1 fully saturated rings. The summed E-state index contributed by atoms with van der Waals surface area (Å²) >= 11 is 2.01. The second kappa shape index (κ2) is 5.92. The van der Waals surface area contributed by atoms with E-state index in [0.717, 1.165) is 18.8 Å². The zero-order valence-electron chi connectivity index (χ0n) is 10.8. The first-order chi connectivity index (χ1) is 7.44. The number of carbonyl (C=O) groups excluding carboxylic acids is 1. The molecule has 1 heterocycles. The molecular formula is C12H23NO2S. The highest BCUT2D eigenvalue weighted by Gasteiger charge is 2.30. The van der Waals surface area contributed by atoms with E-state index in [4.69, 9.17) is 4.74 Å². The molecule has 1 aliphatic heterocycles. The highest BCUT2D eigenvalue weighted by atomic mass is 32.2. The molecule has 1 aliphatic rings. The standard InChI is InChI=1S/C12H23NO2S/c1-5-15-11(14)8-10(2)13-6-7-16-12(3,4)9-13/h10H,5-9H2,1-4H3. The van der Waals surface area contributed by atoms with Crippen LogP contribution in [0.15, 0.2) is 0 Å². The van der Waals surface area contributed by atoms with Crippen LogP contribution in [0.3, 0.4) is 0 Å². The van der Waals surface area contributed by atoms with Gasteiger partial charge in [-0.3, -0.25) is 9.69 Å². The van der Waals surface area contributed by atoms with Gasteiger partial charge in [0.25, 0.3) is 0 Å². The second-order valence-electron chi connectivity index (χ2n) is 4.94. The van der Waals surface area contributed by atoms with Gasteiger partial charge in [0, 0.05) is 29.6 Å². The van der Waals surface area contributed by atoms with E-state index in [1.165, 1.54) is 0 Å². The molecule has 4 heteroatoms. The van der Waals surface area contributed by atoms with Crippen LogP contribution in [0.25, 0.3) is 0 Å². The molecule has 0 spiro atoms. The van der Waals surface area contributed by atoms with Crippen molar-refractivity contribution in [2.75, 3.05) is 25.4 Å². The lowest BCUT2D eigenvalue weighted by molar-refractivity contribution is -0.144. The quantitative estimate of drug-likeness (QED) is 0.710. The van der Waals surface area contributed by atoms with Crippen LogP contribution >= 0.6 is 11.8 Å². The van der Waals surface area contributed by atoms with Gasteiger partial charge in [0.1, 0.15) is 0 Å². The van der Waals surface area contributed by atoms with Crippen LogP contribution in [0.1, 0.15) is 34.1 Å². The molecule has 0 aromatic rings. The molecule has 1 rings (SSSR count). The number of hydrogen-bond donors (Lipinski definition) is 0. The molecule has 0 aromatic heterocycles. The number of ether oxygens (including phenoxy) is 1. The van der Waals surface area contributed by atoms with Crippen molar-refractivity contribution in [3.8, 4) is 0 Å². The first-order valence-corrected chi connectivity index (χ1v) is 6.97. The smallest absolute Gasteiger partial charge is 0.307 e. The molecule has 0 radical (unpaired) electrons. The minimum Gasteiger partial charge on any atom is -0.466 e. The Hall–Kier alpha value is -0.220. The van der Waals surface area contributed by atoms with Crippen LogP contribution < -0.4 is 0 Å². The molecule has 1 atom stereocenters. The second-order valence-corrected chi connectivity index (χ2v) is 6.74. The van der Waals surface area contributed by atoms with E-state index in [9.17, 15) is 4.79 Å². The third-order valence-electron chi connectivity index (χ3n) is 2.85. The lowest BCUT2D eigenvalue weighted by atomic mass is 10.1. The summed E-state index contributed by atoms with van der Waals surface area (Å²) in [5.74, 6) is 1.08. The van der Waals surface area contributed by atoms with Gasteiger partial charge in [0.05, 0.1) is 13.0 Å². The average molecular weight is 245 g/mol. The van der Waals surface area contributed by atoms with Gasteiger partial charge in [0.2, 0.25) is 0 Å². The van der Waals surface area contributed by atoms with E-state index >= 15 is 0 Å². The molecule has 0 saturated carbocycles. The Labute approximate surface area is 103 Å². The van der Waals surface area contributed by atoms with Crippen molar-refractivity contribution in [2.45, 2.75) is 44.9 Å². The van der Waals surface area contributed by atoms with Crippen molar-refractivity contribution >= 4 is 17.7 Å². The predicted octanol–water partition coefficient (Wildman–Crippen LogP) is 2.16. The fourth-order valence-electron chi connectivity index (χ4n) is 2.02. The lowest BCUT2D eigenvalue weighted by Gasteiger charge is -2.40. The number of carbonyl (C=O) groups is 1. The third kappa shape index (κ3) is 4.34. The van der Waals surface area contributed by atoms with Gasteiger partial charge in [-0.15, -0.1) is 0 Å². The maximum absolute atomic E-state index is 11.4. The largest absolute Gasteiger partial charge is 0.466 e. The molecule has 1 unspecified atom stereocenters. The summed E-state index contributed by atoms with van der Waals surface area (Å²) < 4.78 is 5.29. The summed E-state index contributed by atoms with van der Waals surface area (Å²) in [6.45, 7) is 11.1. The summed E-state index contributed by atoms with van der Waals surface area (Å²) in [5.41, 5.74) is 0. The third-order valence-corrected chi connectivity index (χ3v) is 4.14. The Balaban J connectivity index is 2.41. The van der Waals surface area contributed by atoms with Crippen molar-refractivity contribution in [3.63, 3.8) is 0 Å². The fourth-order valence-corrected chi connectivity index (χ4v) is 3.15. The Kier molecular flexibility index (Phi) is 5.12. The van der Waals surface area contributed by atoms with Crippen molar-refractivity contribution in [1.82, 2.24) is 4.90 Å². The van der Waals surface area contributed by atoms with E-state index in [0.29, 0.717) is 23.8 Å². The molecule has 0 aliphatic carbocycles. The highest BCUT2D eigenvalue weighted by molar-refractivity contribution is 8.00. The van der Waals surface area contributed by atoms with E-state index in [1.54, 1.807) is 0 Å². The van der Waals surface area contributed by atoms with Gasteiger partial charge in [0.15, 0.2) is 0 Å². The fraction of sp³-hybridized carbons (Fsp3) is 0.917. The zero-order chi connectivity index (χ0) is 12.2. The van der Waals surface area contributed by atoms with Crippen LogP contribution in [0.4, 0.5) is 0 Å². The Bertz CT molecular complexity index is 243. The molecule has 0 aromatic carbocycles. The zero-order valence-corrected chi connectivity index (χ0v) is 11.6. The van der Waals surface area contributed by atoms with Crippen LogP contribution in [0.2, 0.25) is 0 Å². The summed E-state index contributed by atoms with van der Waals surface area (Å²) in [7, 11) is 0. The van der Waals surface area contributed by atoms with Gasteiger partial charge in [-0.2, -0.15) is 11.8 Å². The maximum atomic E-state index is 11.4. The van der Waals surface area contributed by atoms with Crippen molar-refractivity contribution in [3.05, 3.63) is 0 Å². The monoisotopic (exact) mass is 245 g/mol. The highest BCUT2D eigenvalue weighted by Crippen LogP contribution is 2.30. The predicted molar refractivity (Wildman–Crippen MR) is 68.8 cm³/mol. The molecule has 94 valence electrons. The van der Waals surface area contributed by atoms with Crippen molar-refractivity contribution in [2.24, 2.45) is 0 Å². The van der Waals surface area contributed by atoms with Gasteiger partial charge < -0.3 is 4.74 Å². The van der Waals surface area contributed by atoms with E-state index in [1.807, 2.05) is 18.7 Å². The molecule has 1 saturated heterocycles. The van der Waals surface area contributed by atoms with Gasteiger partial charge in [-0.05, 0) is 27.7 Å². The normalized spacial score (nSPS) is 22.8. The van der Waals surface area contributed by atoms with Crippen LogP contribution in [0, 0.1) is 0 Å². The molecule has 0 N–H and O–H groups in total. The molecule has 0 bridgehead atoms. The van der Waals surface area contributed by atoms with Crippen molar-refractivity contribution < 1.29 is 9.53 Å². The first kappa shape index (κ1) is 13.8. The number of nitrogens with zero attached hydrogens (tertiary/aromatic N) is 1. The van der Waals surface area contributed by atoms with Crippen LogP contribution in [-0.4, -0.2) is 47.1 Å². The van der Waals surface area contributed by atoms with E-state index in [2.05, 4.69) is 25.7 Å². The maximum Gasteiger partial charge on any atom is 0.307 e. The Morgan fingerprint density at radius 1 is 1.56 bits per heavy atom. The summed E-state index contributed by atoms with van der Waals surface area (Å²) in [5, 5.41) is 0. The van der Waals surface area contributed by atoms with E-state index < -0.39 is 0 Å². The van der Waals surface area contributed by atoms with Gasteiger partial charge >= 0.3 is 5.97 Å². The Morgan fingerprint density at radius 2 is 2.25 bits per heavy atom. The Morgan fingerprint density at radius 3 is 2.81 bits per heavy atom. The SMILES string of the molecule is CCOC(=O)CC(C)N1CCSC(C)(C)C1. The molecule has 0 amide bonds. The number of esters is 1. The lowest BCUT2D eigenvalue weighted by Crippen LogP contribution is -2.47. The van der Waals surface area contributed by atoms with Gasteiger partial charge in [-0.1, -0.05) is 0 Å². The molecule has 16 heavy (non-hydrogen) atoms. The number of thioether (sulfide) groups is 1. The van der Waals surface area contributed by atoms with Gasteiger partial charge in [-0.25, -0.2) is 0 Å². The summed E-state index contributed by atoms with van der Waals surface area (Å²) in [4.78, 5) is 13.8. The molecule has 3 nitrogen and oxygen atoms in total. The number of rotatable bonds is 4. The van der Waals surface area contributed by atoms with Crippen molar-refractivity contribution in [1.29, 1.82) is 0 Å². The topological polar surface area (TPSA) is 29.5 Å². The number of hydrogen-bond acceptors (Lipinski definition) is 4. The summed E-state index contributed by atoms with van der Waals surface area (Å²) in [6.07, 6.45) is 0.509. The van der Waals surface area contributed by atoms with E-state index in [-0.39, 0.29) is 5.97 Å². The first-order valence-electron chi connectivity index (χ1n) is 5.98. The van der Waals surface area contributed by atoms with Crippen LogP contribution in [-0.2, 0) is 9.53 Å². The average Bonchev–Trinajstić information content (AvgIpc) is 2.16. The molecular weight excluding hydrogens is 222 g/mol.